The summed E-state index contributed by atoms with van der Waals surface area (Å²) < 4.78 is 1.94. The summed E-state index contributed by atoms with van der Waals surface area (Å²) in [4.78, 5) is 4.16. The van der Waals surface area contributed by atoms with Gasteiger partial charge in [0.05, 0.1) is 34.5 Å². The van der Waals surface area contributed by atoms with Gasteiger partial charge in [-0.2, -0.15) is 0 Å². The maximum atomic E-state index is 6.22. The Bertz CT molecular complexity index is 538. The minimum Gasteiger partial charge on any atom is -0.321 e. The van der Waals surface area contributed by atoms with Gasteiger partial charge in [-0.25, -0.2) is 4.98 Å². The summed E-state index contributed by atoms with van der Waals surface area (Å²) in [6, 6.07) is 5.90. The molecule has 0 aliphatic heterocycles. The van der Waals surface area contributed by atoms with Crippen molar-refractivity contribution in [1.29, 1.82) is 0 Å². The highest BCUT2D eigenvalue weighted by atomic mass is 35.5. The van der Waals surface area contributed by atoms with Gasteiger partial charge in [0.2, 0.25) is 0 Å². The minimum absolute atomic E-state index is 0.455. The van der Waals surface area contributed by atoms with Gasteiger partial charge in [0, 0.05) is 0 Å². The second-order valence-corrected chi connectivity index (χ2v) is 5.23. The zero-order chi connectivity index (χ0) is 12.6. The number of imidazole rings is 1. The molecule has 90 valence electrons. The molecule has 2 aromatic rings. The lowest BCUT2D eigenvalue weighted by Crippen LogP contribution is -2.31. The number of nitrogens with two attached hydrogens (primary N) is 1. The SMILES string of the molecule is Cc1ccc(Cl)c(-n2cncc2C(C)(C)N)c1. The number of halogens is 1. The van der Waals surface area contributed by atoms with Crippen molar-refractivity contribution >= 4 is 11.6 Å². The molecule has 0 atom stereocenters. The van der Waals surface area contributed by atoms with E-state index in [9.17, 15) is 0 Å². The van der Waals surface area contributed by atoms with Crippen LogP contribution in [-0.2, 0) is 5.54 Å². The van der Waals surface area contributed by atoms with Crippen LogP contribution in [0, 0.1) is 6.92 Å². The number of nitrogens with zero attached hydrogens (tertiary/aromatic N) is 2. The molecule has 0 amide bonds. The molecule has 0 spiro atoms. The van der Waals surface area contributed by atoms with Crippen LogP contribution in [-0.4, -0.2) is 9.55 Å². The van der Waals surface area contributed by atoms with E-state index >= 15 is 0 Å². The van der Waals surface area contributed by atoms with Crippen LogP contribution in [0.4, 0.5) is 0 Å². The van der Waals surface area contributed by atoms with Crippen LogP contribution in [0.25, 0.3) is 5.69 Å². The van der Waals surface area contributed by atoms with Crippen LogP contribution in [0.1, 0.15) is 25.1 Å². The second kappa shape index (κ2) is 4.17. The number of aromatic nitrogens is 2. The topological polar surface area (TPSA) is 43.8 Å². The Morgan fingerprint density at radius 3 is 2.71 bits per heavy atom. The first-order valence-corrected chi connectivity index (χ1v) is 5.85. The van der Waals surface area contributed by atoms with E-state index in [1.54, 1.807) is 12.5 Å². The molecule has 0 saturated heterocycles. The largest absolute Gasteiger partial charge is 0.321 e. The van der Waals surface area contributed by atoms with Crippen molar-refractivity contribution in [3.05, 3.63) is 47.0 Å². The summed E-state index contributed by atoms with van der Waals surface area (Å²) >= 11 is 6.22. The zero-order valence-corrected chi connectivity index (χ0v) is 11.0. The third-order valence-electron chi connectivity index (χ3n) is 2.66. The quantitative estimate of drug-likeness (QED) is 0.889. The van der Waals surface area contributed by atoms with Crippen molar-refractivity contribution in [1.82, 2.24) is 9.55 Å². The summed E-state index contributed by atoms with van der Waals surface area (Å²) in [5.41, 5.74) is 8.67. The highest BCUT2D eigenvalue weighted by molar-refractivity contribution is 6.32. The fourth-order valence-corrected chi connectivity index (χ4v) is 1.98. The summed E-state index contributed by atoms with van der Waals surface area (Å²) in [5.74, 6) is 0. The van der Waals surface area contributed by atoms with Gasteiger partial charge in [-0.1, -0.05) is 17.7 Å². The van der Waals surface area contributed by atoms with E-state index in [4.69, 9.17) is 17.3 Å². The third kappa shape index (κ3) is 2.35. The van der Waals surface area contributed by atoms with Crippen LogP contribution in [0.5, 0.6) is 0 Å². The lowest BCUT2D eigenvalue weighted by molar-refractivity contribution is 0.524. The van der Waals surface area contributed by atoms with Crippen molar-refractivity contribution in [2.45, 2.75) is 26.3 Å². The zero-order valence-electron chi connectivity index (χ0n) is 10.2. The minimum atomic E-state index is -0.455. The van der Waals surface area contributed by atoms with Gasteiger partial charge in [0.15, 0.2) is 0 Å². The normalized spacial score (nSPS) is 11.8. The summed E-state index contributed by atoms with van der Waals surface area (Å²) in [5, 5.41) is 0.694. The number of hydrogen-bond acceptors (Lipinski definition) is 2. The highest BCUT2D eigenvalue weighted by Crippen LogP contribution is 2.26. The maximum Gasteiger partial charge on any atom is 0.0995 e. The first-order valence-electron chi connectivity index (χ1n) is 5.48. The predicted octanol–water partition coefficient (Wildman–Crippen LogP) is 3.03. The summed E-state index contributed by atoms with van der Waals surface area (Å²) in [6.07, 6.45) is 3.52. The molecule has 0 fully saturated rings. The Kier molecular flexibility index (Phi) is 2.98. The van der Waals surface area contributed by atoms with E-state index < -0.39 is 5.54 Å². The van der Waals surface area contributed by atoms with E-state index in [0.717, 1.165) is 16.9 Å². The Labute approximate surface area is 106 Å². The molecule has 3 nitrogen and oxygen atoms in total. The Morgan fingerprint density at radius 2 is 2.06 bits per heavy atom. The van der Waals surface area contributed by atoms with E-state index in [0.29, 0.717) is 5.02 Å². The van der Waals surface area contributed by atoms with Gasteiger partial charge >= 0.3 is 0 Å². The van der Waals surface area contributed by atoms with Crippen LogP contribution in [0.3, 0.4) is 0 Å². The van der Waals surface area contributed by atoms with Crippen molar-refractivity contribution in [3.8, 4) is 5.69 Å². The smallest absolute Gasteiger partial charge is 0.0995 e. The standard InChI is InChI=1S/C13H16ClN3/c1-9-4-5-10(14)11(6-9)17-8-16-7-12(17)13(2,3)15/h4-8H,15H2,1-3H3. The van der Waals surface area contributed by atoms with Crippen LogP contribution in [0.15, 0.2) is 30.7 Å². The van der Waals surface area contributed by atoms with Gasteiger partial charge in [0.1, 0.15) is 0 Å². The molecule has 1 aromatic heterocycles. The molecule has 0 aliphatic carbocycles. The first-order chi connectivity index (χ1) is 7.89. The molecule has 4 heteroatoms. The second-order valence-electron chi connectivity index (χ2n) is 4.83. The van der Waals surface area contributed by atoms with E-state index in [1.165, 1.54) is 0 Å². The van der Waals surface area contributed by atoms with Crippen molar-refractivity contribution < 1.29 is 0 Å². The molecule has 2 rings (SSSR count). The van der Waals surface area contributed by atoms with Gasteiger partial charge in [-0.3, -0.25) is 4.57 Å². The molecule has 0 saturated carbocycles. The summed E-state index contributed by atoms with van der Waals surface area (Å²) in [7, 11) is 0. The van der Waals surface area contributed by atoms with Crippen molar-refractivity contribution in [2.24, 2.45) is 5.73 Å². The Balaban J connectivity index is 2.61. The average molecular weight is 250 g/mol. The Hall–Kier alpha value is -1.32. The molecule has 1 heterocycles. The molecule has 2 N–H and O–H groups in total. The Morgan fingerprint density at radius 1 is 1.35 bits per heavy atom. The monoisotopic (exact) mass is 249 g/mol. The molecule has 0 aliphatic rings. The molecule has 0 radical (unpaired) electrons. The average Bonchev–Trinajstić information content (AvgIpc) is 2.69. The highest BCUT2D eigenvalue weighted by Gasteiger charge is 2.20. The molecular formula is C13H16ClN3. The number of aryl methyl sites for hydroxylation is 1. The van der Waals surface area contributed by atoms with Gasteiger partial charge in [-0.05, 0) is 38.5 Å². The van der Waals surface area contributed by atoms with E-state index in [-0.39, 0.29) is 0 Å². The maximum absolute atomic E-state index is 6.22. The van der Waals surface area contributed by atoms with E-state index in [2.05, 4.69) is 4.98 Å². The lowest BCUT2D eigenvalue weighted by Gasteiger charge is -2.21. The fraction of sp³-hybridized carbons (Fsp3) is 0.308. The van der Waals surface area contributed by atoms with Crippen LogP contribution in [0.2, 0.25) is 5.02 Å². The number of rotatable bonds is 2. The lowest BCUT2D eigenvalue weighted by atomic mass is 10.0. The molecule has 0 bridgehead atoms. The fourth-order valence-electron chi connectivity index (χ4n) is 1.77. The van der Waals surface area contributed by atoms with Gasteiger partial charge < -0.3 is 5.73 Å². The molecular weight excluding hydrogens is 234 g/mol. The van der Waals surface area contributed by atoms with Crippen LogP contribution >= 0.6 is 11.6 Å². The van der Waals surface area contributed by atoms with Crippen LogP contribution < -0.4 is 5.73 Å². The third-order valence-corrected chi connectivity index (χ3v) is 2.98. The molecule has 0 unspecified atom stereocenters. The van der Waals surface area contributed by atoms with Crippen molar-refractivity contribution in [2.75, 3.05) is 0 Å². The van der Waals surface area contributed by atoms with Gasteiger partial charge in [-0.15, -0.1) is 0 Å². The number of benzene rings is 1. The van der Waals surface area contributed by atoms with Crippen molar-refractivity contribution in [3.63, 3.8) is 0 Å². The first kappa shape index (κ1) is 12.1. The molecule has 17 heavy (non-hydrogen) atoms. The predicted molar refractivity (Wildman–Crippen MR) is 70.5 cm³/mol. The summed E-state index contributed by atoms with van der Waals surface area (Å²) in [6.45, 7) is 5.93. The van der Waals surface area contributed by atoms with E-state index in [1.807, 2.05) is 43.5 Å². The number of hydrogen-bond donors (Lipinski definition) is 1. The van der Waals surface area contributed by atoms with Gasteiger partial charge in [0.25, 0.3) is 0 Å². The molecule has 1 aromatic carbocycles.